The fourth-order valence-corrected chi connectivity index (χ4v) is 3.67. The monoisotopic (exact) mass is 381 g/mol. The number of thiophene rings is 1. The van der Waals surface area contributed by atoms with E-state index in [4.69, 9.17) is 16.0 Å². The number of aryl methyl sites for hydroxylation is 1. The molecule has 1 amide bonds. The van der Waals surface area contributed by atoms with E-state index in [2.05, 4.69) is 5.32 Å². The van der Waals surface area contributed by atoms with Crippen LogP contribution in [0, 0.1) is 6.92 Å². The van der Waals surface area contributed by atoms with Gasteiger partial charge < -0.3 is 9.73 Å². The summed E-state index contributed by atoms with van der Waals surface area (Å²) < 4.78 is 6.03. The molecule has 3 nitrogen and oxygen atoms in total. The van der Waals surface area contributed by atoms with Gasteiger partial charge in [0.2, 0.25) is 0 Å². The van der Waals surface area contributed by atoms with Crippen LogP contribution in [0.4, 0.5) is 0 Å². The zero-order chi connectivity index (χ0) is 18.1. The smallest absolute Gasteiger partial charge is 0.287 e. The molecular weight excluding hydrogens is 366 g/mol. The predicted octanol–water partition coefficient (Wildman–Crippen LogP) is 6.05. The second-order valence-corrected chi connectivity index (χ2v) is 7.55. The highest BCUT2D eigenvalue weighted by Gasteiger charge is 2.20. The van der Waals surface area contributed by atoms with Crippen molar-refractivity contribution in [3.8, 4) is 11.3 Å². The maximum atomic E-state index is 12.7. The highest BCUT2D eigenvalue weighted by molar-refractivity contribution is 7.09. The van der Waals surface area contributed by atoms with Crippen LogP contribution in [0.2, 0.25) is 5.02 Å². The highest BCUT2D eigenvalue weighted by atomic mass is 35.5. The molecule has 0 unspecified atom stereocenters. The Morgan fingerprint density at radius 3 is 2.65 bits per heavy atom. The number of amides is 1. The SMILES string of the molecule is Cc1ccc2c(C(=O)NCc3cccs3)oc(-c3ccc(Cl)cc3)c2c1. The second-order valence-electron chi connectivity index (χ2n) is 6.08. The fourth-order valence-electron chi connectivity index (χ4n) is 2.90. The van der Waals surface area contributed by atoms with Crippen molar-refractivity contribution < 1.29 is 9.21 Å². The Morgan fingerprint density at radius 1 is 1.12 bits per heavy atom. The number of halogens is 1. The number of benzene rings is 2. The standard InChI is InChI=1S/C21H16ClNO2S/c1-13-4-9-17-18(11-13)19(14-5-7-15(22)8-6-14)25-20(17)21(24)23-12-16-3-2-10-26-16/h2-11H,12H2,1H3,(H,23,24). The lowest BCUT2D eigenvalue weighted by Gasteiger charge is -2.01. The topological polar surface area (TPSA) is 42.2 Å². The summed E-state index contributed by atoms with van der Waals surface area (Å²) in [6.07, 6.45) is 0. The second kappa shape index (κ2) is 6.98. The predicted molar refractivity (Wildman–Crippen MR) is 107 cm³/mol. The van der Waals surface area contributed by atoms with E-state index >= 15 is 0 Å². The summed E-state index contributed by atoms with van der Waals surface area (Å²) in [6, 6.07) is 17.4. The van der Waals surface area contributed by atoms with Crippen molar-refractivity contribution in [1.82, 2.24) is 5.32 Å². The van der Waals surface area contributed by atoms with Crippen LogP contribution in [0.1, 0.15) is 21.0 Å². The lowest BCUT2D eigenvalue weighted by molar-refractivity contribution is 0.0926. The van der Waals surface area contributed by atoms with Gasteiger partial charge >= 0.3 is 0 Å². The van der Waals surface area contributed by atoms with Gasteiger partial charge in [-0.1, -0.05) is 35.4 Å². The molecule has 26 heavy (non-hydrogen) atoms. The zero-order valence-electron chi connectivity index (χ0n) is 14.1. The summed E-state index contributed by atoms with van der Waals surface area (Å²) in [5, 5.41) is 7.33. The minimum atomic E-state index is -0.215. The van der Waals surface area contributed by atoms with Gasteiger partial charge in [-0.2, -0.15) is 0 Å². The third-order valence-electron chi connectivity index (χ3n) is 4.18. The molecule has 0 atom stereocenters. The average Bonchev–Trinajstić information content (AvgIpc) is 3.28. The molecule has 0 saturated heterocycles. The molecule has 0 aliphatic rings. The van der Waals surface area contributed by atoms with Crippen LogP contribution in [-0.2, 0) is 6.54 Å². The van der Waals surface area contributed by atoms with Gasteiger partial charge in [-0.05, 0) is 48.7 Å². The zero-order valence-corrected chi connectivity index (χ0v) is 15.7. The van der Waals surface area contributed by atoms with Gasteiger partial charge in [0.15, 0.2) is 5.76 Å². The first kappa shape index (κ1) is 16.9. The molecule has 2 heterocycles. The van der Waals surface area contributed by atoms with E-state index < -0.39 is 0 Å². The van der Waals surface area contributed by atoms with E-state index in [9.17, 15) is 4.79 Å². The van der Waals surface area contributed by atoms with Crippen LogP contribution in [0.15, 0.2) is 64.4 Å². The van der Waals surface area contributed by atoms with Gasteiger partial charge in [-0.25, -0.2) is 0 Å². The van der Waals surface area contributed by atoms with Gasteiger partial charge in [-0.15, -0.1) is 11.3 Å². The molecule has 0 fully saturated rings. The first-order chi connectivity index (χ1) is 12.6. The summed E-state index contributed by atoms with van der Waals surface area (Å²) in [6.45, 7) is 2.51. The maximum absolute atomic E-state index is 12.7. The molecule has 2 aromatic heterocycles. The molecule has 1 N–H and O–H groups in total. The number of carbonyl (C=O) groups excluding carboxylic acids is 1. The summed E-state index contributed by atoms with van der Waals surface area (Å²) in [5.41, 5.74) is 2.00. The average molecular weight is 382 g/mol. The Bertz CT molecular complexity index is 1070. The third kappa shape index (κ3) is 3.26. The first-order valence-electron chi connectivity index (χ1n) is 8.21. The van der Waals surface area contributed by atoms with Crippen molar-refractivity contribution in [3.63, 3.8) is 0 Å². The number of nitrogens with one attached hydrogen (secondary N) is 1. The van der Waals surface area contributed by atoms with Crippen molar-refractivity contribution in [3.05, 3.63) is 81.2 Å². The van der Waals surface area contributed by atoms with Crippen molar-refractivity contribution in [2.24, 2.45) is 0 Å². The van der Waals surface area contributed by atoms with Gasteiger partial charge in [0.05, 0.1) is 6.54 Å². The van der Waals surface area contributed by atoms with Crippen LogP contribution in [0.5, 0.6) is 0 Å². The molecule has 0 aliphatic carbocycles. The quantitative estimate of drug-likeness (QED) is 0.467. The number of carbonyl (C=O) groups is 1. The van der Waals surface area contributed by atoms with Crippen LogP contribution in [0.3, 0.4) is 0 Å². The van der Waals surface area contributed by atoms with Gasteiger partial charge in [-0.3, -0.25) is 4.79 Å². The Kier molecular flexibility index (Phi) is 4.53. The Hall–Kier alpha value is -2.56. The van der Waals surface area contributed by atoms with Gasteiger partial charge in [0.1, 0.15) is 5.76 Å². The number of hydrogen-bond donors (Lipinski definition) is 1. The minimum absolute atomic E-state index is 0.215. The number of hydrogen-bond acceptors (Lipinski definition) is 3. The first-order valence-corrected chi connectivity index (χ1v) is 9.47. The fraction of sp³-hybridized carbons (Fsp3) is 0.0952. The van der Waals surface area contributed by atoms with Crippen LogP contribution < -0.4 is 5.32 Å². The number of rotatable bonds is 4. The van der Waals surface area contributed by atoms with E-state index in [1.54, 1.807) is 11.3 Å². The summed E-state index contributed by atoms with van der Waals surface area (Å²) in [7, 11) is 0. The molecule has 0 aliphatic heterocycles. The number of fused-ring (bicyclic) bond motifs is 1. The molecule has 4 aromatic rings. The minimum Gasteiger partial charge on any atom is -0.450 e. The number of furan rings is 1. The van der Waals surface area contributed by atoms with E-state index in [1.807, 2.05) is 66.9 Å². The van der Waals surface area contributed by atoms with Gasteiger partial charge in [0, 0.05) is 26.2 Å². The Balaban J connectivity index is 1.75. The molecule has 130 valence electrons. The Labute approximate surface area is 160 Å². The van der Waals surface area contributed by atoms with Crippen LogP contribution in [-0.4, -0.2) is 5.91 Å². The summed E-state index contributed by atoms with van der Waals surface area (Å²) >= 11 is 7.61. The summed E-state index contributed by atoms with van der Waals surface area (Å²) in [4.78, 5) is 13.8. The molecular formula is C21H16ClNO2S. The lowest BCUT2D eigenvalue weighted by Crippen LogP contribution is -2.21. The Morgan fingerprint density at radius 2 is 1.92 bits per heavy atom. The van der Waals surface area contributed by atoms with E-state index in [-0.39, 0.29) is 5.91 Å². The van der Waals surface area contributed by atoms with E-state index in [1.165, 1.54) is 0 Å². The summed E-state index contributed by atoms with van der Waals surface area (Å²) in [5.74, 6) is 0.801. The van der Waals surface area contributed by atoms with Crippen molar-refractivity contribution in [1.29, 1.82) is 0 Å². The molecule has 0 radical (unpaired) electrons. The van der Waals surface area contributed by atoms with Crippen molar-refractivity contribution in [2.75, 3.05) is 0 Å². The van der Waals surface area contributed by atoms with Crippen molar-refractivity contribution >= 4 is 39.6 Å². The molecule has 0 saturated carbocycles. The molecule has 2 aromatic carbocycles. The van der Waals surface area contributed by atoms with Gasteiger partial charge in [0.25, 0.3) is 5.91 Å². The molecule has 0 bridgehead atoms. The normalized spacial score (nSPS) is 11.0. The van der Waals surface area contributed by atoms with E-state index in [0.717, 1.165) is 26.8 Å². The lowest BCUT2D eigenvalue weighted by atomic mass is 10.0. The molecule has 4 rings (SSSR count). The van der Waals surface area contributed by atoms with Crippen molar-refractivity contribution in [2.45, 2.75) is 13.5 Å². The molecule has 5 heteroatoms. The largest absolute Gasteiger partial charge is 0.450 e. The molecule has 0 spiro atoms. The maximum Gasteiger partial charge on any atom is 0.287 e. The van der Waals surface area contributed by atoms with Crippen LogP contribution >= 0.6 is 22.9 Å². The van der Waals surface area contributed by atoms with E-state index in [0.29, 0.717) is 23.1 Å². The third-order valence-corrected chi connectivity index (χ3v) is 5.31. The van der Waals surface area contributed by atoms with Crippen LogP contribution in [0.25, 0.3) is 22.1 Å². The highest BCUT2D eigenvalue weighted by Crippen LogP contribution is 2.35.